The molecule has 1 unspecified atom stereocenters. The van der Waals surface area contributed by atoms with Crippen LogP contribution in [0.1, 0.15) is 30.7 Å². The Bertz CT molecular complexity index is 584. The van der Waals surface area contributed by atoms with Crippen molar-refractivity contribution in [3.63, 3.8) is 0 Å². The van der Waals surface area contributed by atoms with Gasteiger partial charge in [-0.05, 0) is 30.5 Å². The van der Waals surface area contributed by atoms with Crippen molar-refractivity contribution < 1.29 is 23.1 Å². The number of benzene rings is 1. The van der Waals surface area contributed by atoms with Gasteiger partial charge in [-0.3, -0.25) is 9.59 Å². The highest BCUT2D eigenvalue weighted by Gasteiger charge is 2.45. The van der Waals surface area contributed by atoms with Crippen LogP contribution < -0.4 is 5.32 Å². The Morgan fingerprint density at radius 1 is 1.45 bits per heavy atom. The van der Waals surface area contributed by atoms with Gasteiger partial charge >= 0.3 is 5.97 Å². The Labute approximate surface area is 114 Å². The summed E-state index contributed by atoms with van der Waals surface area (Å²) in [5.41, 5.74) is -0.623. The topological polar surface area (TPSA) is 55.4 Å². The first-order chi connectivity index (χ1) is 9.47. The first kappa shape index (κ1) is 13.0. The van der Waals surface area contributed by atoms with E-state index in [1.807, 2.05) is 0 Å². The fourth-order valence-electron chi connectivity index (χ4n) is 2.23. The summed E-state index contributed by atoms with van der Waals surface area (Å²) in [5.74, 6) is -2.33. The molecule has 0 spiro atoms. The number of ether oxygens (including phenoxy) is 1. The van der Waals surface area contributed by atoms with Gasteiger partial charge in [0.25, 0.3) is 0 Å². The number of carbonyl (C=O) groups is 2. The van der Waals surface area contributed by atoms with Gasteiger partial charge in [0.2, 0.25) is 5.91 Å². The molecule has 0 bridgehead atoms. The average molecular weight is 281 g/mol. The van der Waals surface area contributed by atoms with E-state index in [4.69, 9.17) is 4.74 Å². The average Bonchev–Trinajstić information content (AvgIpc) is 3.13. The molecular weight excluding hydrogens is 268 g/mol. The van der Waals surface area contributed by atoms with Crippen molar-refractivity contribution in [1.82, 2.24) is 0 Å². The van der Waals surface area contributed by atoms with Crippen LogP contribution in [-0.2, 0) is 14.3 Å². The van der Waals surface area contributed by atoms with Gasteiger partial charge in [0.1, 0.15) is 18.1 Å². The Kier molecular flexibility index (Phi) is 2.96. The molecule has 0 aromatic heterocycles. The highest BCUT2D eigenvalue weighted by atomic mass is 19.1. The predicted octanol–water partition coefficient (Wildman–Crippen LogP) is 2.30. The van der Waals surface area contributed by atoms with E-state index in [0.717, 1.165) is 6.07 Å². The van der Waals surface area contributed by atoms with Gasteiger partial charge in [0.05, 0.1) is 5.92 Å². The SMILES string of the molecule is O=C1CC(C(=O)OCC2(F)CC2)c2ccc(F)cc2N1. The molecular formula is C14H13F2NO3. The molecule has 0 saturated heterocycles. The third-order valence-corrected chi connectivity index (χ3v) is 3.60. The van der Waals surface area contributed by atoms with E-state index in [-0.39, 0.29) is 24.6 Å². The molecule has 1 N–H and O–H groups in total. The number of amides is 1. The second-order valence-electron chi connectivity index (χ2n) is 5.30. The summed E-state index contributed by atoms with van der Waals surface area (Å²) in [4.78, 5) is 23.6. The first-order valence-electron chi connectivity index (χ1n) is 6.42. The molecule has 1 amide bonds. The zero-order chi connectivity index (χ0) is 14.3. The lowest BCUT2D eigenvalue weighted by molar-refractivity contribution is -0.149. The van der Waals surface area contributed by atoms with Gasteiger partial charge in [-0.15, -0.1) is 0 Å². The fraction of sp³-hybridized carbons (Fsp3) is 0.429. The highest BCUT2D eigenvalue weighted by Crippen LogP contribution is 2.40. The molecule has 1 aromatic rings. The summed E-state index contributed by atoms with van der Waals surface area (Å²) < 4.78 is 31.5. The van der Waals surface area contributed by atoms with Gasteiger partial charge in [-0.1, -0.05) is 6.07 Å². The van der Waals surface area contributed by atoms with Crippen LogP contribution in [0.3, 0.4) is 0 Å². The van der Waals surface area contributed by atoms with Crippen molar-refractivity contribution in [2.75, 3.05) is 11.9 Å². The fourth-order valence-corrected chi connectivity index (χ4v) is 2.23. The molecule has 1 aliphatic carbocycles. The van der Waals surface area contributed by atoms with E-state index in [1.165, 1.54) is 12.1 Å². The van der Waals surface area contributed by atoms with Crippen LogP contribution in [0.4, 0.5) is 14.5 Å². The van der Waals surface area contributed by atoms with Gasteiger partial charge < -0.3 is 10.1 Å². The molecule has 1 aliphatic heterocycles. The summed E-state index contributed by atoms with van der Waals surface area (Å²) in [6.45, 7) is -0.277. The molecule has 3 rings (SSSR count). The van der Waals surface area contributed by atoms with E-state index in [9.17, 15) is 18.4 Å². The van der Waals surface area contributed by atoms with Crippen LogP contribution in [0, 0.1) is 5.82 Å². The number of rotatable bonds is 3. The maximum atomic E-state index is 13.4. The molecule has 1 atom stereocenters. The Hall–Kier alpha value is -1.98. The number of alkyl halides is 1. The minimum absolute atomic E-state index is 0.0727. The quantitative estimate of drug-likeness (QED) is 0.865. The standard InChI is InChI=1S/C14H13F2NO3/c15-8-1-2-9-10(6-12(18)17-11(9)5-8)13(19)20-7-14(16)3-4-14/h1-2,5,10H,3-4,6-7H2,(H,17,18). The van der Waals surface area contributed by atoms with Crippen molar-refractivity contribution in [1.29, 1.82) is 0 Å². The van der Waals surface area contributed by atoms with Gasteiger partial charge in [-0.2, -0.15) is 0 Å². The zero-order valence-corrected chi connectivity index (χ0v) is 10.6. The number of halogens is 2. The Morgan fingerprint density at radius 2 is 2.20 bits per heavy atom. The van der Waals surface area contributed by atoms with Crippen LogP contribution >= 0.6 is 0 Å². The zero-order valence-electron chi connectivity index (χ0n) is 10.6. The van der Waals surface area contributed by atoms with Gasteiger partial charge in [0.15, 0.2) is 0 Å². The summed E-state index contributed by atoms with van der Waals surface area (Å²) in [6, 6.07) is 3.82. The van der Waals surface area contributed by atoms with Crippen LogP contribution in [-0.4, -0.2) is 24.2 Å². The maximum Gasteiger partial charge on any atom is 0.314 e. The van der Waals surface area contributed by atoms with Crippen molar-refractivity contribution >= 4 is 17.6 Å². The Morgan fingerprint density at radius 3 is 2.90 bits per heavy atom. The van der Waals surface area contributed by atoms with E-state index in [0.29, 0.717) is 18.4 Å². The van der Waals surface area contributed by atoms with Gasteiger partial charge in [0, 0.05) is 12.1 Å². The molecule has 1 fully saturated rings. The number of hydrogen-bond acceptors (Lipinski definition) is 3. The maximum absolute atomic E-state index is 13.4. The largest absolute Gasteiger partial charge is 0.462 e. The monoisotopic (exact) mass is 281 g/mol. The third-order valence-electron chi connectivity index (χ3n) is 3.60. The lowest BCUT2D eigenvalue weighted by Crippen LogP contribution is -2.30. The van der Waals surface area contributed by atoms with Crippen LogP contribution in [0.2, 0.25) is 0 Å². The second kappa shape index (κ2) is 4.54. The molecule has 6 heteroatoms. The molecule has 1 aromatic carbocycles. The van der Waals surface area contributed by atoms with Crippen molar-refractivity contribution in [3.8, 4) is 0 Å². The van der Waals surface area contributed by atoms with Crippen LogP contribution in [0.25, 0.3) is 0 Å². The number of hydrogen-bond donors (Lipinski definition) is 1. The molecule has 1 saturated carbocycles. The number of carbonyl (C=O) groups excluding carboxylic acids is 2. The smallest absolute Gasteiger partial charge is 0.314 e. The molecule has 2 aliphatic rings. The first-order valence-corrected chi connectivity index (χ1v) is 6.42. The summed E-state index contributed by atoms with van der Waals surface area (Å²) in [5, 5.41) is 2.51. The highest BCUT2D eigenvalue weighted by molar-refractivity contribution is 5.99. The number of esters is 1. The molecule has 20 heavy (non-hydrogen) atoms. The van der Waals surface area contributed by atoms with Crippen molar-refractivity contribution in [2.24, 2.45) is 0 Å². The lowest BCUT2D eigenvalue weighted by Gasteiger charge is -2.24. The van der Waals surface area contributed by atoms with Crippen molar-refractivity contribution in [2.45, 2.75) is 30.8 Å². The molecule has 4 nitrogen and oxygen atoms in total. The van der Waals surface area contributed by atoms with Crippen LogP contribution in [0.15, 0.2) is 18.2 Å². The summed E-state index contributed by atoms with van der Waals surface area (Å²) in [6.07, 6.45) is 0.719. The molecule has 1 heterocycles. The van der Waals surface area contributed by atoms with E-state index in [1.54, 1.807) is 0 Å². The normalized spacial score (nSPS) is 22.7. The lowest BCUT2D eigenvalue weighted by atomic mass is 9.90. The second-order valence-corrected chi connectivity index (χ2v) is 5.30. The molecule has 106 valence electrons. The number of anilines is 1. The molecule has 0 radical (unpaired) electrons. The van der Waals surface area contributed by atoms with Gasteiger partial charge in [-0.25, -0.2) is 8.78 Å². The number of nitrogens with one attached hydrogen (secondary N) is 1. The van der Waals surface area contributed by atoms with E-state index >= 15 is 0 Å². The van der Waals surface area contributed by atoms with Crippen LogP contribution in [0.5, 0.6) is 0 Å². The van der Waals surface area contributed by atoms with E-state index < -0.39 is 23.4 Å². The minimum atomic E-state index is -1.39. The summed E-state index contributed by atoms with van der Waals surface area (Å²) in [7, 11) is 0. The predicted molar refractivity (Wildman–Crippen MR) is 66.4 cm³/mol. The van der Waals surface area contributed by atoms with E-state index in [2.05, 4.69) is 5.32 Å². The summed E-state index contributed by atoms with van der Waals surface area (Å²) >= 11 is 0. The third kappa shape index (κ3) is 2.50. The minimum Gasteiger partial charge on any atom is -0.462 e. The Balaban J connectivity index is 1.79. The number of fused-ring (bicyclic) bond motifs is 1. The van der Waals surface area contributed by atoms with Crippen molar-refractivity contribution in [3.05, 3.63) is 29.6 Å².